The molecule has 0 saturated carbocycles. The first-order valence-corrected chi connectivity index (χ1v) is 9.21. The number of thiocarbonyl (C=S) groups is 1. The zero-order valence-corrected chi connectivity index (χ0v) is 16.6. The van der Waals surface area contributed by atoms with Crippen LogP contribution in [0.2, 0.25) is 10.0 Å². The third-order valence-corrected chi connectivity index (χ3v) is 4.29. The van der Waals surface area contributed by atoms with E-state index in [0.717, 1.165) is 5.56 Å². The van der Waals surface area contributed by atoms with Crippen molar-refractivity contribution in [3.8, 4) is 17.1 Å². The van der Waals surface area contributed by atoms with E-state index >= 15 is 0 Å². The molecule has 0 spiro atoms. The molecular formula is C20H14Cl2N2O3S. The van der Waals surface area contributed by atoms with Gasteiger partial charge in [0.15, 0.2) is 5.11 Å². The summed E-state index contributed by atoms with van der Waals surface area (Å²) >= 11 is 16.8. The van der Waals surface area contributed by atoms with Gasteiger partial charge in [0.25, 0.3) is 0 Å². The Morgan fingerprint density at radius 1 is 1.04 bits per heavy atom. The van der Waals surface area contributed by atoms with Gasteiger partial charge in [-0.2, -0.15) is 0 Å². The normalized spacial score (nSPS) is 10.8. The number of halogens is 2. The van der Waals surface area contributed by atoms with Gasteiger partial charge in [-0.15, -0.1) is 0 Å². The Morgan fingerprint density at radius 3 is 2.50 bits per heavy atom. The van der Waals surface area contributed by atoms with Gasteiger partial charge in [-0.1, -0.05) is 23.2 Å². The van der Waals surface area contributed by atoms with E-state index < -0.39 is 5.91 Å². The van der Waals surface area contributed by atoms with E-state index in [-0.39, 0.29) is 10.9 Å². The van der Waals surface area contributed by atoms with E-state index in [1.54, 1.807) is 24.3 Å². The largest absolute Gasteiger partial charge is 0.506 e. The molecule has 0 bridgehead atoms. The lowest BCUT2D eigenvalue weighted by Crippen LogP contribution is -2.32. The average Bonchev–Trinajstić information content (AvgIpc) is 3.12. The smallest absolute Gasteiger partial charge is 0.250 e. The summed E-state index contributed by atoms with van der Waals surface area (Å²) in [4.78, 5) is 12.0. The predicted molar refractivity (Wildman–Crippen MR) is 116 cm³/mol. The lowest BCUT2D eigenvalue weighted by atomic mass is 10.2. The molecule has 0 aliphatic carbocycles. The minimum atomic E-state index is -0.455. The van der Waals surface area contributed by atoms with Crippen LogP contribution in [0.5, 0.6) is 5.75 Å². The van der Waals surface area contributed by atoms with Crippen LogP contribution in [-0.4, -0.2) is 16.1 Å². The van der Waals surface area contributed by atoms with Crippen LogP contribution in [-0.2, 0) is 4.79 Å². The van der Waals surface area contributed by atoms with Crippen molar-refractivity contribution in [1.29, 1.82) is 0 Å². The molecule has 0 aliphatic heterocycles. The zero-order chi connectivity index (χ0) is 20.1. The van der Waals surface area contributed by atoms with Crippen LogP contribution < -0.4 is 10.6 Å². The number of carbonyl (C=O) groups excluding carboxylic acids is 1. The number of amides is 1. The highest BCUT2D eigenvalue weighted by atomic mass is 35.5. The molecule has 0 fully saturated rings. The van der Waals surface area contributed by atoms with Crippen molar-refractivity contribution in [2.75, 3.05) is 5.32 Å². The van der Waals surface area contributed by atoms with Crippen molar-refractivity contribution in [2.24, 2.45) is 0 Å². The van der Waals surface area contributed by atoms with Gasteiger partial charge in [-0.25, -0.2) is 0 Å². The number of furan rings is 1. The minimum absolute atomic E-state index is 0.0218. The molecule has 3 aromatic rings. The molecule has 2 aromatic carbocycles. The number of carbonyl (C=O) groups is 1. The quantitative estimate of drug-likeness (QED) is 0.289. The molecule has 142 valence electrons. The molecular weight excluding hydrogens is 419 g/mol. The van der Waals surface area contributed by atoms with E-state index in [1.807, 2.05) is 12.1 Å². The first-order chi connectivity index (χ1) is 13.4. The van der Waals surface area contributed by atoms with Gasteiger partial charge in [0.05, 0.1) is 5.69 Å². The fraction of sp³-hybridized carbons (Fsp3) is 0. The Bertz CT molecular complexity index is 1050. The highest BCUT2D eigenvalue weighted by molar-refractivity contribution is 7.80. The van der Waals surface area contributed by atoms with Crippen molar-refractivity contribution in [3.05, 3.63) is 76.5 Å². The standard InChI is InChI=1S/C20H14Cl2N2O3S/c21-13-3-1-12(2-4-13)18-9-6-15(27-18)7-10-19(26)24-20(28)23-16-11-14(22)5-8-17(16)25/h1-11,25H,(H2,23,24,26,28). The monoisotopic (exact) mass is 432 g/mol. The van der Waals surface area contributed by atoms with Crippen molar-refractivity contribution >= 4 is 58.2 Å². The molecule has 1 heterocycles. The molecule has 1 aromatic heterocycles. The molecule has 1 amide bonds. The third-order valence-electron chi connectivity index (χ3n) is 3.60. The van der Waals surface area contributed by atoms with Crippen LogP contribution in [0.25, 0.3) is 17.4 Å². The molecule has 3 rings (SSSR count). The summed E-state index contributed by atoms with van der Waals surface area (Å²) in [6.07, 6.45) is 2.81. The van der Waals surface area contributed by atoms with E-state index in [1.165, 1.54) is 30.4 Å². The van der Waals surface area contributed by atoms with Crippen LogP contribution in [0.1, 0.15) is 5.76 Å². The Labute approximate surface area is 176 Å². The van der Waals surface area contributed by atoms with Gasteiger partial charge in [0.2, 0.25) is 5.91 Å². The van der Waals surface area contributed by atoms with E-state index in [0.29, 0.717) is 27.3 Å². The van der Waals surface area contributed by atoms with E-state index in [4.69, 9.17) is 39.8 Å². The van der Waals surface area contributed by atoms with Crippen LogP contribution in [0.3, 0.4) is 0 Å². The molecule has 0 unspecified atom stereocenters. The number of nitrogens with one attached hydrogen (secondary N) is 2. The Balaban J connectivity index is 1.58. The number of hydrogen-bond donors (Lipinski definition) is 3. The van der Waals surface area contributed by atoms with Gasteiger partial charge in [0, 0.05) is 21.7 Å². The molecule has 0 radical (unpaired) electrons. The highest BCUT2D eigenvalue weighted by Crippen LogP contribution is 2.26. The zero-order valence-electron chi connectivity index (χ0n) is 14.3. The topological polar surface area (TPSA) is 74.5 Å². The second-order valence-electron chi connectivity index (χ2n) is 5.65. The molecule has 3 N–H and O–H groups in total. The van der Waals surface area contributed by atoms with Crippen molar-refractivity contribution < 1.29 is 14.3 Å². The fourth-order valence-electron chi connectivity index (χ4n) is 2.29. The van der Waals surface area contributed by atoms with Gasteiger partial charge >= 0.3 is 0 Å². The van der Waals surface area contributed by atoms with Gasteiger partial charge in [-0.3, -0.25) is 10.1 Å². The number of benzene rings is 2. The summed E-state index contributed by atoms with van der Waals surface area (Å²) in [5.41, 5.74) is 1.17. The number of hydrogen-bond acceptors (Lipinski definition) is 4. The summed E-state index contributed by atoms with van der Waals surface area (Å²) < 4.78 is 5.68. The van der Waals surface area contributed by atoms with Gasteiger partial charge in [-0.05, 0) is 72.9 Å². The van der Waals surface area contributed by atoms with Gasteiger partial charge in [0.1, 0.15) is 17.3 Å². The maximum atomic E-state index is 12.0. The summed E-state index contributed by atoms with van der Waals surface area (Å²) in [5.74, 6) is 0.669. The first-order valence-electron chi connectivity index (χ1n) is 8.05. The van der Waals surface area contributed by atoms with Crippen LogP contribution in [0.4, 0.5) is 5.69 Å². The summed E-state index contributed by atoms with van der Waals surface area (Å²) in [7, 11) is 0. The maximum absolute atomic E-state index is 12.0. The fourth-order valence-corrected chi connectivity index (χ4v) is 2.79. The van der Waals surface area contributed by atoms with E-state index in [2.05, 4.69) is 10.6 Å². The van der Waals surface area contributed by atoms with E-state index in [9.17, 15) is 9.90 Å². The average molecular weight is 433 g/mol. The number of phenols is 1. The summed E-state index contributed by atoms with van der Waals surface area (Å²) in [6.45, 7) is 0. The van der Waals surface area contributed by atoms with Crippen molar-refractivity contribution in [2.45, 2.75) is 0 Å². The third kappa shape index (κ3) is 5.36. The summed E-state index contributed by atoms with van der Waals surface area (Å²) in [5, 5.41) is 16.0. The molecule has 28 heavy (non-hydrogen) atoms. The maximum Gasteiger partial charge on any atom is 0.250 e. The molecule has 5 nitrogen and oxygen atoms in total. The lowest BCUT2D eigenvalue weighted by molar-refractivity contribution is -0.115. The van der Waals surface area contributed by atoms with Crippen LogP contribution in [0.15, 0.2) is 65.1 Å². The van der Waals surface area contributed by atoms with Gasteiger partial charge < -0.3 is 14.8 Å². The van der Waals surface area contributed by atoms with Crippen LogP contribution >= 0.6 is 35.4 Å². The second-order valence-corrected chi connectivity index (χ2v) is 6.93. The Kier molecular flexibility index (Phi) is 6.36. The number of phenolic OH excluding ortho intramolecular Hbond substituents is 1. The molecule has 8 heteroatoms. The molecule has 0 aliphatic rings. The minimum Gasteiger partial charge on any atom is -0.506 e. The van der Waals surface area contributed by atoms with Crippen LogP contribution in [0, 0.1) is 0 Å². The van der Waals surface area contributed by atoms with Crippen molar-refractivity contribution in [3.63, 3.8) is 0 Å². The molecule has 0 atom stereocenters. The lowest BCUT2D eigenvalue weighted by Gasteiger charge is -2.09. The molecule has 0 saturated heterocycles. The highest BCUT2D eigenvalue weighted by Gasteiger charge is 2.07. The number of anilines is 1. The Morgan fingerprint density at radius 2 is 1.75 bits per heavy atom. The SMILES string of the molecule is O=C(C=Cc1ccc(-c2ccc(Cl)cc2)o1)NC(=S)Nc1cc(Cl)ccc1O. The Hall–Kier alpha value is -2.80. The number of aromatic hydroxyl groups is 1. The number of rotatable bonds is 4. The van der Waals surface area contributed by atoms with Crippen molar-refractivity contribution in [1.82, 2.24) is 5.32 Å². The predicted octanol–water partition coefficient (Wildman–Crippen LogP) is 5.49. The first kappa shape index (κ1) is 19.9. The second kappa shape index (κ2) is 8.93. The summed E-state index contributed by atoms with van der Waals surface area (Å²) in [6, 6.07) is 15.2.